The first kappa shape index (κ1) is 16.0. The maximum Gasteiger partial charge on any atom is 0.150 e. The van der Waals surface area contributed by atoms with E-state index in [1.165, 1.54) is 38.4 Å². The zero-order chi connectivity index (χ0) is 13.6. The average Bonchev–Trinajstić information content (AvgIpc) is 2.34. The Hall–Kier alpha value is -0.0900. The summed E-state index contributed by atoms with van der Waals surface area (Å²) in [6, 6.07) is 0.501. The number of hydrogen-bond acceptors (Lipinski definition) is 3. The molecule has 3 unspecified atom stereocenters. The van der Waals surface area contributed by atoms with Crippen molar-refractivity contribution in [3.05, 3.63) is 0 Å². The molecule has 0 aromatic rings. The molecule has 1 rings (SSSR count). The predicted molar refractivity (Wildman–Crippen MR) is 77.6 cm³/mol. The molecule has 1 N–H and O–H groups in total. The molecule has 108 valence electrons. The molecule has 0 radical (unpaired) electrons. The quantitative estimate of drug-likeness (QED) is 0.727. The van der Waals surface area contributed by atoms with Crippen LogP contribution in [0.4, 0.5) is 0 Å². The van der Waals surface area contributed by atoms with E-state index in [0.29, 0.717) is 12.0 Å². The Morgan fingerprint density at radius 2 is 2.00 bits per heavy atom. The van der Waals surface area contributed by atoms with Gasteiger partial charge in [-0.3, -0.25) is 0 Å². The van der Waals surface area contributed by atoms with Crippen LogP contribution in [-0.4, -0.2) is 33.0 Å². The Bertz CT molecular complexity index is 327. The van der Waals surface area contributed by atoms with E-state index >= 15 is 0 Å². The highest BCUT2D eigenvalue weighted by Gasteiger charge is 2.32. The highest BCUT2D eigenvalue weighted by Crippen LogP contribution is 2.32. The summed E-state index contributed by atoms with van der Waals surface area (Å²) in [7, 11) is -0.839. The molecule has 1 saturated carbocycles. The van der Waals surface area contributed by atoms with Crippen LogP contribution in [0.25, 0.3) is 0 Å². The van der Waals surface area contributed by atoms with Crippen molar-refractivity contribution >= 4 is 9.84 Å². The molecule has 1 aliphatic rings. The highest BCUT2D eigenvalue weighted by molar-refractivity contribution is 7.91. The first-order chi connectivity index (χ1) is 8.49. The molecule has 0 amide bonds. The number of unbranched alkanes of at least 4 members (excludes halogenated alkanes) is 2. The SMILES string of the molecule is CCCCCC(NC)C1CCCC(S(C)(=O)=O)C1. The van der Waals surface area contributed by atoms with Gasteiger partial charge in [0, 0.05) is 12.3 Å². The molecule has 3 nitrogen and oxygen atoms in total. The molecule has 0 aromatic heterocycles. The van der Waals surface area contributed by atoms with E-state index in [9.17, 15) is 8.42 Å². The van der Waals surface area contributed by atoms with Crippen LogP contribution in [0.3, 0.4) is 0 Å². The summed E-state index contributed by atoms with van der Waals surface area (Å²) >= 11 is 0. The molecule has 0 aliphatic heterocycles. The van der Waals surface area contributed by atoms with Crippen LogP contribution in [0.1, 0.15) is 58.3 Å². The van der Waals surface area contributed by atoms with Gasteiger partial charge < -0.3 is 5.32 Å². The van der Waals surface area contributed by atoms with Gasteiger partial charge in [0.05, 0.1) is 5.25 Å². The lowest BCUT2D eigenvalue weighted by Gasteiger charge is -2.33. The van der Waals surface area contributed by atoms with Crippen molar-refractivity contribution in [1.82, 2.24) is 5.32 Å². The summed E-state index contributed by atoms with van der Waals surface area (Å²) in [5.74, 6) is 0.542. The van der Waals surface area contributed by atoms with E-state index in [2.05, 4.69) is 12.2 Å². The fourth-order valence-electron chi connectivity index (χ4n) is 3.17. The van der Waals surface area contributed by atoms with Gasteiger partial charge in [0.15, 0.2) is 0 Å². The predicted octanol–water partition coefficient (Wildman–Crippen LogP) is 2.76. The Labute approximate surface area is 113 Å². The monoisotopic (exact) mass is 275 g/mol. The minimum Gasteiger partial charge on any atom is -0.317 e. The van der Waals surface area contributed by atoms with Crippen LogP contribution in [0, 0.1) is 5.92 Å². The third-order valence-corrected chi connectivity index (χ3v) is 5.97. The molecule has 0 saturated heterocycles. The van der Waals surface area contributed by atoms with Crippen LogP contribution >= 0.6 is 0 Å². The fourth-order valence-corrected chi connectivity index (χ4v) is 4.36. The van der Waals surface area contributed by atoms with Gasteiger partial charge in [0.1, 0.15) is 9.84 Å². The number of hydrogen-bond donors (Lipinski definition) is 1. The zero-order valence-corrected chi connectivity index (χ0v) is 12.9. The zero-order valence-electron chi connectivity index (χ0n) is 12.1. The molecule has 0 bridgehead atoms. The molecular formula is C14H29NO2S. The average molecular weight is 275 g/mol. The Morgan fingerprint density at radius 1 is 1.28 bits per heavy atom. The van der Waals surface area contributed by atoms with Gasteiger partial charge in [-0.15, -0.1) is 0 Å². The smallest absolute Gasteiger partial charge is 0.150 e. The molecular weight excluding hydrogens is 246 g/mol. The topological polar surface area (TPSA) is 46.2 Å². The maximum absolute atomic E-state index is 11.7. The van der Waals surface area contributed by atoms with Crippen LogP contribution in [0.2, 0.25) is 0 Å². The third-order valence-electron chi connectivity index (χ3n) is 4.33. The number of rotatable bonds is 7. The third kappa shape index (κ3) is 4.88. The van der Waals surface area contributed by atoms with Crippen molar-refractivity contribution in [3.63, 3.8) is 0 Å². The largest absolute Gasteiger partial charge is 0.317 e. The first-order valence-electron chi connectivity index (χ1n) is 7.35. The van der Waals surface area contributed by atoms with Crippen molar-refractivity contribution in [3.8, 4) is 0 Å². The number of sulfone groups is 1. The Balaban J connectivity index is 2.52. The van der Waals surface area contributed by atoms with Crippen molar-refractivity contribution in [2.45, 2.75) is 69.6 Å². The van der Waals surface area contributed by atoms with Crippen molar-refractivity contribution in [2.75, 3.05) is 13.3 Å². The lowest BCUT2D eigenvalue weighted by Crippen LogP contribution is -2.39. The second-order valence-corrected chi connectivity index (χ2v) is 8.09. The van der Waals surface area contributed by atoms with Crippen molar-refractivity contribution in [1.29, 1.82) is 0 Å². The van der Waals surface area contributed by atoms with Gasteiger partial charge in [0.2, 0.25) is 0 Å². The lowest BCUT2D eigenvalue weighted by atomic mass is 9.81. The van der Waals surface area contributed by atoms with E-state index < -0.39 is 9.84 Å². The van der Waals surface area contributed by atoms with E-state index in [1.807, 2.05) is 7.05 Å². The summed E-state index contributed by atoms with van der Waals surface area (Å²) in [5, 5.41) is 3.31. The minimum absolute atomic E-state index is 0.0988. The highest BCUT2D eigenvalue weighted by atomic mass is 32.2. The summed E-state index contributed by atoms with van der Waals surface area (Å²) in [6.07, 6.45) is 10.3. The van der Waals surface area contributed by atoms with Gasteiger partial charge >= 0.3 is 0 Å². The van der Waals surface area contributed by atoms with E-state index in [0.717, 1.165) is 19.3 Å². The van der Waals surface area contributed by atoms with E-state index in [4.69, 9.17) is 0 Å². The summed E-state index contributed by atoms with van der Waals surface area (Å²) in [5.41, 5.74) is 0. The van der Waals surface area contributed by atoms with Gasteiger partial charge in [-0.25, -0.2) is 8.42 Å². The summed E-state index contributed by atoms with van der Waals surface area (Å²) < 4.78 is 23.4. The maximum atomic E-state index is 11.7. The van der Waals surface area contributed by atoms with Gasteiger partial charge in [-0.1, -0.05) is 32.6 Å². The number of nitrogens with one attached hydrogen (secondary N) is 1. The molecule has 0 spiro atoms. The minimum atomic E-state index is -2.85. The Morgan fingerprint density at radius 3 is 2.56 bits per heavy atom. The second-order valence-electron chi connectivity index (χ2n) is 5.77. The van der Waals surface area contributed by atoms with Crippen LogP contribution < -0.4 is 5.32 Å². The molecule has 0 aromatic carbocycles. The molecule has 1 fully saturated rings. The van der Waals surface area contributed by atoms with Crippen LogP contribution in [-0.2, 0) is 9.84 Å². The Kier molecular flexibility index (Phi) is 6.64. The van der Waals surface area contributed by atoms with Crippen LogP contribution in [0.5, 0.6) is 0 Å². The molecule has 4 heteroatoms. The molecule has 0 heterocycles. The second kappa shape index (κ2) is 7.49. The van der Waals surface area contributed by atoms with Crippen LogP contribution in [0.15, 0.2) is 0 Å². The molecule has 18 heavy (non-hydrogen) atoms. The lowest BCUT2D eigenvalue weighted by molar-refractivity contribution is 0.264. The normalized spacial score (nSPS) is 27.1. The van der Waals surface area contributed by atoms with Crippen molar-refractivity contribution < 1.29 is 8.42 Å². The van der Waals surface area contributed by atoms with E-state index in [1.54, 1.807) is 0 Å². The summed E-state index contributed by atoms with van der Waals surface area (Å²) in [4.78, 5) is 0. The standard InChI is InChI=1S/C14H29NO2S/c1-4-5-6-10-14(15-2)12-8-7-9-13(11-12)18(3,16)17/h12-15H,4-11H2,1-3H3. The fraction of sp³-hybridized carbons (Fsp3) is 1.00. The van der Waals surface area contributed by atoms with Gasteiger partial charge in [-0.05, 0) is 38.6 Å². The van der Waals surface area contributed by atoms with Gasteiger partial charge in [-0.2, -0.15) is 0 Å². The van der Waals surface area contributed by atoms with Gasteiger partial charge in [0.25, 0.3) is 0 Å². The van der Waals surface area contributed by atoms with Crippen molar-refractivity contribution in [2.24, 2.45) is 5.92 Å². The summed E-state index contributed by atoms with van der Waals surface area (Å²) in [6.45, 7) is 2.22. The first-order valence-corrected chi connectivity index (χ1v) is 9.30. The molecule has 3 atom stereocenters. The molecule has 1 aliphatic carbocycles. The van der Waals surface area contributed by atoms with E-state index in [-0.39, 0.29) is 5.25 Å².